The van der Waals surface area contributed by atoms with Gasteiger partial charge in [-0.3, -0.25) is 9.69 Å². The highest BCUT2D eigenvalue weighted by Gasteiger charge is 2.33. The van der Waals surface area contributed by atoms with E-state index >= 15 is 0 Å². The Morgan fingerprint density at radius 3 is 2.35 bits per heavy atom. The minimum absolute atomic E-state index is 0.346. The van der Waals surface area contributed by atoms with Crippen LogP contribution in [0.5, 0.6) is 0 Å². The van der Waals surface area contributed by atoms with Crippen LogP contribution in [0.15, 0.2) is 72.8 Å². The molecule has 5 nitrogen and oxygen atoms in total. The van der Waals surface area contributed by atoms with E-state index in [-0.39, 0.29) is 5.91 Å². The Hall–Kier alpha value is -2.74. The minimum Gasteiger partial charge on any atom is -0.480 e. The van der Waals surface area contributed by atoms with Crippen LogP contribution >= 0.6 is 23.5 Å². The van der Waals surface area contributed by atoms with Gasteiger partial charge in [-0.25, -0.2) is 4.79 Å². The Kier molecular flexibility index (Phi) is 11.2. The van der Waals surface area contributed by atoms with Crippen molar-refractivity contribution in [2.75, 3.05) is 24.0 Å². The molecule has 1 aliphatic rings. The van der Waals surface area contributed by atoms with Crippen LogP contribution < -0.4 is 5.32 Å². The fourth-order valence-corrected chi connectivity index (χ4v) is 6.89. The second kappa shape index (κ2) is 14.8. The third kappa shape index (κ3) is 7.71. The first kappa shape index (κ1) is 30.2. The van der Waals surface area contributed by atoms with Gasteiger partial charge in [0.25, 0.3) is 5.91 Å². The van der Waals surface area contributed by atoms with Crippen LogP contribution in [-0.2, 0) is 17.8 Å². The van der Waals surface area contributed by atoms with Crippen molar-refractivity contribution in [3.63, 3.8) is 0 Å². The number of aliphatic carboxylic acids is 1. The summed E-state index contributed by atoms with van der Waals surface area (Å²) in [6.45, 7) is 2.86. The van der Waals surface area contributed by atoms with E-state index in [4.69, 9.17) is 0 Å². The van der Waals surface area contributed by atoms with Gasteiger partial charge < -0.3 is 10.4 Å². The molecule has 40 heavy (non-hydrogen) atoms. The summed E-state index contributed by atoms with van der Waals surface area (Å²) in [7, 11) is 0. The van der Waals surface area contributed by atoms with Crippen molar-refractivity contribution in [1.29, 1.82) is 0 Å². The predicted molar refractivity (Wildman–Crippen MR) is 169 cm³/mol. The lowest BCUT2D eigenvalue weighted by molar-refractivity contribution is -0.139. The van der Waals surface area contributed by atoms with Crippen molar-refractivity contribution in [2.45, 2.75) is 57.3 Å². The number of thioether (sulfide) groups is 2. The van der Waals surface area contributed by atoms with E-state index in [2.05, 4.69) is 52.9 Å². The van der Waals surface area contributed by atoms with Crippen LogP contribution in [0.25, 0.3) is 11.1 Å². The summed E-state index contributed by atoms with van der Waals surface area (Å²) < 4.78 is 0. The third-order valence-electron chi connectivity index (χ3n) is 7.79. The summed E-state index contributed by atoms with van der Waals surface area (Å²) >= 11 is 3.47. The zero-order valence-corrected chi connectivity index (χ0v) is 25.3. The highest BCUT2D eigenvalue weighted by Crippen LogP contribution is 2.33. The highest BCUT2D eigenvalue weighted by molar-refractivity contribution is 7.98. The summed E-state index contributed by atoms with van der Waals surface area (Å²) in [5, 5.41) is 12.5. The van der Waals surface area contributed by atoms with Crippen LogP contribution in [0.2, 0.25) is 0 Å². The molecule has 3 atom stereocenters. The number of aryl methyl sites for hydroxylation is 1. The van der Waals surface area contributed by atoms with Crippen molar-refractivity contribution in [3.05, 3.63) is 95.1 Å². The molecule has 1 saturated heterocycles. The molecule has 0 bridgehead atoms. The largest absolute Gasteiger partial charge is 0.480 e. The fraction of sp³-hybridized carbons (Fsp3) is 0.394. The van der Waals surface area contributed by atoms with Gasteiger partial charge in [0.15, 0.2) is 0 Å². The number of hydrogen-bond donors (Lipinski definition) is 2. The maximum atomic E-state index is 13.5. The summed E-state index contributed by atoms with van der Waals surface area (Å²) in [5.74, 6) is 0.414. The summed E-state index contributed by atoms with van der Waals surface area (Å²) in [4.78, 5) is 28.0. The van der Waals surface area contributed by atoms with Crippen molar-refractivity contribution in [1.82, 2.24) is 10.2 Å². The molecule has 0 aliphatic carbocycles. The smallest absolute Gasteiger partial charge is 0.326 e. The van der Waals surface area contributed by atoms with E-state index in [0.717, 1.165) is 41.0 Å². The lowest BCUT2D eigenvalue weighted by atomic mass is 9.93. The molecule has 0 saturated carbocycles. The number of carboxylic acid groups (broad SMARTS) is 1. The molecule has 1 fully saturated rings. The molecule has 212 valence electrons. The van der Waals surface area contributed by atoms with E-state index in [1.165, 1.54) is 18.4 Å². The van der Waals surface area contributed by atoms with Crippen LogP contribution in [0.1, 0.15) is 46.3 Å². The lowest BCUT2D eigenvalue weighted by Crippen LogP contribution is -2.41. The molecular weight excluding hydrogens is 537 g/mol. The van der Waals surface area contributed by atoms with E-state index in [1.807, 2.05) is 61.3 Å². The molecule has 3 aromatic carbocycles. The number of hydrogen-bond acceptors (Lipinski definition) is 5. The number of rotatable bonds is 13. The first-order valence-electron chi connectivity index (χ1n) is 13.9. The molecule has 4 rings (SSSR count). The van der Waals surface area contributed by atoms with Crippen molar-refractivity contribution in [2.24, 2.45) is 0 Å². The van der Waals surface area contributed by atoms with Gasteiger partial charge >= 0.3 is 5.97 Å². The normalized spacial score (nSPS) is 18.0. The second-order valence-corrected chi connectivity index (χ2v) is 12.4. The van der Waals surface area contributed by atoms with Gasteiger partial charge in [-0.2, -0.15) is 23.5 Å². The van der Waals surface area contributed by atoms with Gasteiger partial charge in [-0.15, -0.1) is 0 Å². The van der Waals surface area contributed by atoms with Gasteiger partial charge in [0, 0.05) is 29.9 Å². The quantitative estimate of drug-likeness (QED) is 0.241. The summed E-state index contributed by atoms with van der Waals surface area (Å²) in [6, 6.07) is 24.9. The molecular formula is C33H40N2O3S2. The lowest BCUT2D eigenvalue weighted by Gasteiger charge is -2.30. The Morgan fingerprint density at radius 2 is 1.65 bits per heavy atom. The molecule has 7 heteroatoms. The fourth-order valence-electron chi connectivity index (χ4n) is 5.68. The number of likely N-dealkylation sites (tertiary alicyclic amines) is 1. The number of nitrogens with one attached hydrogen (secondary N) is 1. The third-order valence-corrected chi connectivity index (χ3v) is 9.15. The Labute approximate surface area is 247 Å². The summed E-state index contributed by atoms with van der Waals surface area (Å²) in [6.07, 6.45) is 7.90. The topological polar surface area (TPSA) is 69.6 Å². The maximum Gasteiger partial charge on any atom is 0.326 e. The first-order chi connectivity index (χ1) is 19.4. The number of benzene rings is 3. The molecule has 0 aromatic heterocycles. The molecule has 0 radical (unpaired) electrons. The molecule has 2 N–H and O–H groups in total. The van der Waals surface area contributed by atoms with Gasteiger partial charge in [0.05, 0.1) is 0 Å². The molecule has 1 amide bonds. The van der Waals surface area contributed by atoms with Crippen LogP contribution in [0.3, 0.4) is 0 Å². The zero-order valence-electron chi connectivity index (χ0n) is 23.6. The molecule has 1 aliphatic heterocycles. The second-order valence-electron chi connectivity index (χ2n) is 10.5. The number of carboxylic acids is 1. The van der Waals surface area contributed by atoms with E-state index in [9.17, 15) is 14.7 Å². The number of nitrogens with zero attached hydrogens (tertiary/aromatic N) is 1. The van der Waals surface area contributed by atoms with E-state index < -0.39 is 12.0 Å². The van der Waals surface area contributed by atoms with Crippen molar-refractivity contribution in [3.8, 4) is 11.1 Å². The number of carbonyl (C=O) groups is 2. The number of carbonyl (C=O) groups excluding carboxylic acids is 1. The average molecular weight is 577 g/mol. The zero-order chi connectivity index (χ0) is 28.5. The Bertz CT molecular complexity index is 1280. The minimum atomic E-state index is -1.00. The molecule has 0 spiro atoms. The van der Waals surface area contributed by atoms with Crippen LogP contribution in [0, 0.1) is 6.92 Å². The average Bonchev–Trinajstić information content (AvgIpc) is 3.32. The maximum absolute atomic E-state index is 13.5. The van der Waals surface area contributed by atoms with Crippen LogP contribution in [-0.4, -0.2) is 64.0 Å². The molecule has 1 heterocycles. The SMILES string of the molecule is CSCC[C@H](NC(=O)c1ccc(CN2[C@@H](CSC)CC[C@@H]2Cc2ccccc2)cc1-c1ccccc1C)C(=O)O. The Morgan fingerprint density at radius 1 is 0.925 bits per heavy atom. The first-order valence-corrected chi connectivity index (χ1v) is 16.7. The standard InChI is InChI=1S/C33H40N2O3S2/c1-23-9-7-8-12-28(23)30-20-25(13-16-29(30)32(36)34-31(33(37)38)17-18-39-2)21-35-26(14-15-27(35)22-40-3)19-24-10-5-4-6-11-24/h4-13,16,20,26-27,31H,14-15,17-19,21-22H2,1-3H3,(H,34,36)(H,37,38)/t26-,27-,31+/m1/s1. The van der Waals surface area contributed by atoms with Gasteiger partial charge in [-0.1, -0.05) is 60.7 Å². The number of amides is 1. The highest BCUT2D eigenvalue weighted by atomic mass is 32.2. The summed E-state index contributed by atoms with van der Waals surface area (Å²) in [5.41, 5.74) is 5.96. The Balaban J connectivity index is 1.65. The van der Waals surface area contributed by atoms with Gasteiger partial charge in [0.1, 0.15) is 6.04 Å². The predicted octanol–water partition coefficient (Wildman–Crippen LogP) is 6.54. The van der Waals surface area contributed by atoms with Crippen LogP contribution in [0.4, 0.5) is 0 Å². The monoisotopic (exact) mass is 576 g/mol. The van der Waals surface area contributed by atoms with Crippen molar-refractivity contribution < 1.29 is 14.7 Å². The van der Waals surface area contributed by atoms with Gasteiger partial charge in [0.2, 0.25) is 0 Å². The molecule has 0 unspecified atom stereocenters. The van der Waals surface area contributed by atoms with Gasteiger partial charge in [-0.05, 0) is 90.8 Å². The molecule has 3 aromatic rings. The van der Waals surface area contributed by atoms with Crippen molar-refractivity contribution >= 4 is 35.4 Å². The van der Waals surface area contributed by atoms with E-state index in [1.54, 1.807) is 11.8 Å². The van der Waals surface area contributed by atoms with E-state index in [0.29, 0.717) is 29.8 Å².